The highest BCUT2D eigenvalue weighted by Gasteiger charge is 2.44. The van der Waals surface area contributed by atoms with Crippen molar-refractivity contribution in [3.05, 3.63) is 81.3 Å². The van der Waals surface area contributed by atoms with Crippen LogP contribution in [0.15, 0.2) is 65.2 Å². The molecule has 1 aliphatic heterocycles. The van der Waals surface area contributed by atoms with Crippen LogP contribution in [-0.4, -0.2) is 24.7 Å². The number of nitriles is 1. The molecule has 3 rings (SSSR count). The summed E-state index contributed by atoms with van der Waals surface area (Å²) in [5, 5.41) is 13.6. The van der Waals surface area contributed by atoms with Crippen molar-refractivity contribution in [2.45, 2.75) is 12.3 Å². The predicted octanol–water partition coefficient (Wildman–Crippen LogP) is 4.05. The van der Waals surface area contributed by atoms with Gasteiger partial charge in [0.15, 0.2) is 0 Å². The van der Waals surface area contributed by atoms with E-state index in [1.807, 2.05) is 30.3 Å². The summed E-state index contributed by atoms with van der Waals surface area (Å²) < 4.78 is 4.84. The molecule has 1 amide bonds. The van der Waals surface area contributed by atoms with Gasteiger partial charge in [0.1, 0.15) is 5.92 Å². The third-order valence-corrected chi connectivity index (χ3v) is 5.96. The second-order valence-corrected chi connectivity index (χ2v) is 8.00. The van der Waals surface area contributed by atoms with Gasteiger partial charge in [-0.15, -0.1) is 11.8 Å². The SMILES string of the molecule is COC(=O)[C@H]1C(=O)NC(SCCc2ccccc2)=C(C#N)[C@H]1c1ccc(Cl)cc1. The van der Waals surface area contributed by atoms with E-state index in [0.717, 1.165) is 6.42 Å². The molecule has 1 N–H and O–H groups in total. The van der Waals surface area contributed by atoms with Crippen LogP contribution in [0.2, 0.25) is 5.02 Å². The molecule has 148 valence electrons. The van der Waals surface area contributed by atoms with Crippen molar-refractivity contribution in [3.8, 4) is 6.07 Å². The second kappa shape index (κ2) is 9.64. The number of carbonyl (C=O) groups is 2. The van der Waals surface area contributed by atoms with Crippen molar-refractivity contribution >= 4 is 35.2 Å². The summed E-state index contributed by atoms with van der Waals surface area (Å²) >= 11 is 7.38. The first-order valence-electron chi connectivity index (χ1n) is 9.00. The van der Waals surface area contributed by atoms with E-state index in [2.05, 4.69) is 11.4 Å². The quantitative estimate of drug-likeness (QED) is 0.556. The molecule has 29 heavy (non-hydrogen) atoms. The Morgan fingerprint density at radius 1 is 1.21 bits per heavy atom. The van der Waals surface area contributed by atoms with Gasteiger partial charge < -0.3 is 10.1 Å². The molecule has 2 aromatic carbocycles. The van der Waals surface area contributed by atoms with Crippen molar-refractivity contribution in [1.82, 2.24) is 5.32 Å². The number of halogens is 1. The molecular weight excluding hydrogens is 408 g/mol. The third kappa shape index (κ3) is 4.81. The molecule has 0 bridgehead atoms. The lowest BCUT2D eigenvalue weighted by Gasteiger charge is -2.31. The molecule has 0 saturated carbocycles. The van der Waals surface area contributed by atoms with Crippen molar-refractivity contribution in [3.63, 3.8) is 0 Å². The van der Waals surface area contributed by atoms with Gasteiger partial charge >= 0.3 is 5.97 Å². The van der Waals surface area contributed by atoms with E-state index in [9.17, 15) is 14.9 Å². The summed E-state index contributed by atoms with van der Waals surface area (Å²) in [4.78, 5) is 25.1. The van der Waals surface area contributed by atoms with Gasteiger partial charge in [-0.2, -0.15) is 5.26 Å². The summed E-state index contributed by atoms with van der Waals surface area (Å²) in [5.41, 5.74) is 2.18. The molecule has 7 heteroatoms. The summed E-state index contributed by atoms with van der Waals surface area (Å²) in [5.74, 6) is -2.32. The Kier molecular flexibility index (Phi) is 6.97. The topological polar surface area (TPSA) is 79.2 Å². The minimum atomic E-state index is -1.13. The molecule has 0 unspecified atom stereocenters. The van der Waals surface area contributed by atoms with Gasteiger partial charge in [-0.25, -0.2) is 0 Å². The molecule has 0 spiro atoms. The number of benzene rings is 2. The fourth-order valence-electron chi connectivity index (χ4n) is 3.27. The lowest BCUT2D eigenvalue weighted by Crippen LogP contribution is -2.44. The summed E-state index contributed by atoms with van der Waals surface area (Å²) in [6, 6.07) is 19.0. The number of esters is 1. The molecule has 0 aliphatic carbocycles. The first kappa shape index (κ1) is 21.0. The molecule has 0 saturated heterocycles. The van der Waals surface area contributed by atoms with Gasteiger partial charge in [-0.1, -0.05) is 54.1 Å². The van der Waals surface area contributed by atoms with Crippen LogP contribution < -0.4 is 5.32 Å². The maximum absolute atomic E-state index is 12.8. The zero-order chi connectivity index (χ0) is 20.8. The summed E-state index contributed by atoms with van der Waals surface area (Å²) in [7, 11) is 1.23. The lowest BCUT2D eigenvalue weighted by molar-refractivity contribution is -0.150. The highest BCUT2D eigenvalue weighted by Crippen LogP contribution is 2.40. The van der Waals surface area contributed by atoms with Crippen LogP contribution in [0, 0.1) is 17.2 Å². The molecule has 2 atom stereocenters. The average Bonchev–Trinajstić information content (AvgIpc) is 2.74. The monoisotopic (exact) mass is 426 g/mol. The smallest absolute Gasteiger partial charge is 0.319 e. The minimum absolute atomic E-state index is 0.348. The first-order chi connectivity index (χ1) is 14.0. The van der Waals surface area contributed by atoms with Crippen LogP contribution in [0.25, 0.3) is 0 Å². The van der Waals surface area contributed by atoms with E-state index in [1.165, 1.54) is 24.4 Å². The van der Waals surface area contributed by atoms with Crippen molar-refractivity contribution in [2.24, 2.45) is 5.92 Å². The van der Waals surface area contributed by atoms with Crippen LogP contribution in [0.3, 0.4) is 0 Å². The highest BCUT2D eigenvalue weighted by atomic mass is 35.5. The predicted molar refractivity (Wildman–Crippen MR) is 113 cm³/mol. The number of methoxy groups -OCH3 is 1. The van der Waals surface area contributed by atoms with Crippen molar-refractivity contribution < 1.29 is 14.3 Å². The zero-order valence-electron chi connectivity index (χ0n) is 15.7. The molecular formula is C22H19ClN2O3S. The summed E-state index contributed by atoms with van der Waals surface area (Å²) in [6.45, 7) is 0. The average molecular weight is 427 g/mol. The van der Waals surface area contributed by atoms with Crippen LogP contribution in [0.5, 0.6) is 0 Å². The van der Waals surface area contributed by atoms with Crippen LogP contribution in [-0.2, 0) is 20.7 Å². The summed E-state index contributed by atoms with van der Waals surface area (Å²) in [6.07, 6.45) is 0.787. The number of allylic oxidation sites excluding steroid dienone is 1. The lowest BCUT2D eigenvalue weighted by atomic mass is 9.78. The normalized spacial score (nSPS) is 18.7. The molecule has 0 fully saturated rings. The van der Waals surface area contributed by atoms with E-state index in [1.54, 1.807) is 24.3 Å². The largest absolute Gasteiger partial charge is 0.468 e. The standard InChI is InChI=1S/C22H19ClN2O3S/c1-28-22(27)19-18(15-7-9-16(23)10-8-15)17(13-24)21(25-20(19)26)29-12-11-14-5-3-2-4-6-14/h2-10,18-19H,11-12H2,1H3,(H,25,26)/t18-,19-/m1/s1. The first-order valence-corrected chi connectivity index (χ1v) is 10.4. The van der Waals surface area contributed by atoms with Gasteiger partial charge in [0.2, 0.25) is 5.91 Å². The van der Waals surface area contributed by atoms with E-state index in [0.29, 0.717) is 26.9 Å². The molecule has 5 nitrogen and oxygen atoms in total. The maximum atomic E-state index is 12.8. The Bertz CT molecular complexity index is 968. The zero-order valence-corrected chi connectivity index (χ0v) is 17.3. The van der Waals surface area contributed by atoms with Crippen molar-refractivity contribution in [2.75, 3.05) is 12.9 Å². The number of thioether (sulfide) groups is 1. The molecule has 1 aliphatic rings. The Balaban J connectivity index is 1.93. The number of hydrogen-bond acceptors (Lipinski definition) is 5. The fourth-order valence-corrected chi connectivity index (χ4v) is 4.43. The van der Waals surface area contributed by atoms with E-state index in [4.69, 9.17) is 16.3 Å². The third-order valence-electron chi connectivity index (χ3n) is 4.69. The molecule has 1 heterocycles. The highest BCUT2D eigenvalue weighted by molar-refractivity contribution is 8.03. The van der Waals surface area contributed by atoms with Crippen LogP contribution in [0.4, 0.5) is 0 Å². The van der Waals surface area contributed by atoms with Crippen LogP contribution in [0.1, 0.15) is 17.0 Å². The number of hydrogen-bond donors (Lipinski definition) is 1. The number of aryl methyl sites for hydroxylation is 1. The van der Waals surface area contributed by atoms with Crippen molar-refractivity contribution in [1.29, 1.82) is 5.26 Å². The van der Waals surface area contributed by atoms with Gasteiger partial charge in [-0.3, -0.25) is 9.59 Å². The Morgan fingerprint density at radius 2 is 1.90 bits per heavy atom. The number of amides is 1. The van der Waals surface area contributed by atoms with E-state index >= 15 is 0 Å². The number of ether oxygens (including phenoxy) is 1. The maximum Gasteiger partial charge on any atom is 0.319 e. The minimum Gasteiger partial charge on any atom is -0.468 e. The number of nitrogens with one attached hydrogen (secondary N) is 1. The van der Waals surface area contributed by atoms with Gasteiger partial charge in [0.05, 0.1) is 23.8 Å². The molecule has 0 aromatic heterocycles. The fraction of sp³-hybridized carbons (Fsp3) is 0.227. The van der Waals surface area contributed by atoms with Gasteiger partial charge in [-0.05, 0) is 29.7 Å². The Hall–Kier alpha value is -2.75. The van der Waals surface area contributed by atoms with Crippen LogP contribution >= 0.6 is 23.4 Å². The van der Waals surface area contributed by atoms with E-state index in [-0.39, 0.29) is 0 Å². The van der Waals surface area contributed by atoms with E-state index < -0.39 is 23.7 Å². The Morgan fingerprint density at radius 3 is 2.52 bits per heavy atom. The second-order valence-electron chi connectivity index (χ2n) is 6.46. The van der Waals surface area contributed by atoms with Gasteiger partial charge in [0.25, 0.3) is 0 Å². The molecule has 0 radical (unpaired) electrons. The number of nitrogens with zero attached hydrogens (tertiary/aromatic N) is 1. The van der Waals surface area contributed by atoms with Gasteiger partial charge in [0, 0.05) is 16.7 Å². The number of rotatable bonds is 6. The Labute approximate surface area is 178 Å². The molecule has 2 aromatic rings. The number of carbonyl (C=O) groups excluding carboxylic acids is 2.